The molecule has 1 heteroatoms. The second-order valence-corrected chi connectivity index (χ2v) is 7.17. The van der Waals surface area contributed by atoms with Crippen LogP contribution in [0.1, 0.15) is 65.2 Å². The molecule has 0 aliphatic heterocycles. The van der Waals surface area contributed by atoms with E-state index in [9.17, 15) is 5.11 Å². The molecule has 3 aliphatic rings. The zero-order valence-corrected chi connectivity index (χ0v) is 10.8. The summed E-state index contributed by atoms with van der Waals surface area (Å²) in [7, 11) is 0. The molecule has 3 saturated carbocycles. The van der Waals surface area contributed by atoms with E-state index >= 15 is 0 Å². The van der Waals surface area contributed by atoms with E-state index in [-0.39, 0.29) is 5.60 Å². The second-order valence-electron chi connectivity index (χ2n) is 7.17. The monoisotopic (exact) mass is 222 g/mol. The summed E-state index contributed by atoms with van der Waals surface area (Å²) in [5.74, 6) is 1.93. The second kappa shape index (κ2) is 3.48. The smallest absolute Gasteiger partial charge is 0.0744 e. The van der Waals surface area contributed by atoms with Crippen molar-refractivity contribution in [2.24, 2.45) is 23.2 Å². The SMILES string of the molecule is CC1(C)CCCCC1C1(O)C2CCCCC21. The lowest BCUT2D eigenvalue weighted by atomic mass is 9.65. The molecule has 3 rings (SSSR count). The molecule has 0 heterocycles. The Morgan fingerprint density at radius 1 is 0.875 bits per heavy atom. The van der Waals surface area contributed by atoms with Gasteiger partial charge in [0.15, 0.2) is 0 Å². The first-order valence-electron chi connectivity index (χ1n) is 7.29. The third kappa shape index (κ3) is 1.40. The van der Waals surface area contributed by atoms with Gasteiger partial charge in [0.1, 0.15) is 0 Å². The fourth-order valence-corrected chi connectivity index (χ4v) is 5.01. The quantitative estimate of drug-likeness (QED) is 0.716. The van der Waals surface area contributed by atoms with Gasteiger partial charge in [-0.15, -0.1) is 0 Å². The van der Waals surface area contributed by atoms with Crippen LogP contribution >= 0.6 is 0 Å². The highest BCUT2D eigenvalue weighted by molar-refractivity contribution is 5.18. The summed E-state index contributed by atoms with van der Waals surface area (Å²) in [6, 6.07) is 0. The summed E-state index contributed by atoms with van der Waals surface area (Å²) >= 11 is 0. The van der Waals surface area contributed by atoms with Crippen LogP contribution in [0.4, 0.5) is 0 Å². The Morgan fingerprint density at radius 2 is 1.44 bits per heavy atom. The molecule has 3 aliphatic carbocycles. The van der Waals surface area contributed by atoms with E-state index in [4.69, 9.17) is 0 Å². The van der Waals surface area contributed by atoms with Crippen molar-refractivity contribution < 1.29 is 5.11 Å². The maximum atomic E-state index is 11.0. The standard InChI is InChI=1S/C15H26O/c1-14(2)10-6-5-9-13(14)15(16)11-7-3-4-8-12(11)15/h11-13,16H,3-10H2,1-2H3. The average Bonchev–Trinajstić information content (AvgIpc) is 2.86. The van der Waals surface area contributed by atoms with Gasteiger partial charge in [0.05, 0.1) is 5.60 Å². The Hall–Kier alpha value is -0.0400. The largest absolute Gasteiger partial charge is 0.389 e. The Balaban J connectivity index is 1.81. The number of fused-ring (bicyclic) bond motifs is 1. The van der Waals surface area contributed by atoms with Gasteiger partial charge >= 0.3 is 0 Å². The third-order valence-corrected chi connectivity index (χ3v) is 5.91. The van der Waals surface area contributed by atoms with Crippen LogP contribution in [-0.4, -0.2) is 10.7 Å². The van der Waals surface area contributed by atoms with Gasteiger partial charge in [-0.2, -0.15) is 0 Å². The lowest BCUT2D eigenvalue weighted by Gasteiger charge is -2.42. The van der Waals surface area contributed by atoms with Gasteiger partial charge in [-0.05, 0) is 48.9 Å². The van der Waals surface area contributed by atoms with E-state index < -0.39 is 0 Å². The molecule has 0 amide bonds. The van der Waals surface area contributed by atoms with Gasteiger partial charge in [-0.3, -0.25) is 0 Å². The van der Waals surface area contributed by atoms with Gasteiger partial charge in [-0.1, -0.05) is 39.5 Å². The molecule has 3 atom stereocenters. The molecule has 0 aromatic carbocycles. The van der Waals surface area contributed by atoms with Gasteiger partial charge in [0.25, 0.3) is 0 Å². The Kier molecular flexibility index (Phi) is 2.41. The molecule has 1 N–H and O–H groups in total. The normalized spacial score (nSPS) is 50.8. The van der Waals surface area contributed by atoms with Crippen molar-refractivity contribution in [1.29, 1.82) is 0 Å². The minimum atomic E-state index is -0.250. The van der Waals surface area contributed by atoms with Crippen molar-refractivity contribution in [3.63, 3.8) is 0 Å². The molecule has 1 nitrogen and oxygen atoms in total. The van der Waals surface area contributed by atoms with Crippen molar-refractivity contribution in [2.75, 3.05) is 0 Å². The third-order valence-electron chi connectivity index (χ3n) is 5.91. The number of rotatable bonds is 1. The van der Waals surface area contributed by atoms with Crippen LogP contribution in [0.5, 0.6) is 0 Å². The molecule has 0 bridgehead atoms. The minimum Gasteiger partial charge on any atom is -0.389 e. The zero-order valence-electron chi connectivity index (χ0n) is 10.8. The summed E-state index contributed by atoms with van der Waals surface area (Å²) in [4.78, 5) is 0. The van der Waals surface area contributed by atoms with Crippen LogP contribution < -0.4 is 0 Å². The lowest BCUT2D eigenvalue weighted by Crippen LogP contribution is -2.40. The molecule has 3 unspecified atom stereocenters. The van der Waals surface area contributed by atoms with Crippen LogP contribution in [-0.2, 0) is 0 Å². The van der Waals surface area contributed by atoms with Crippen molar-refractivity contribution in [3.05, 3.63) is 0 Å². The first kappa shape index (κ1) is 11.1. The Bertz CT molecular complexity index is 269. The molecular formula is C15H26O. The van der Waals surface area contributed by atoms with E-state index in [0.29, 0.717) is 23.2 Å². The number of hydrogen-bond acceptors (Lipinski definition) is 1. The average molecular weight is 222 g/mol. The van der Waals surface area contributed by atoms with Gasteiger partial charge in [-0.25, -0.2) is 0 Å². The van der Waals surface area contributed by atoms with E-state index in [1.807, 2.05) is 0 Å². The van der Waals surface area contributed by atoms with E-state index in [1.54, 1.807) is 0 Å². The van der Waals surface area contributed by atoms with Crippen LogP contribution in [0.2, 0.25) is 0 Å². The van der Waals surface area contributed by atoms with Gasteiger partial charge in [0, 0.05) is 0 Å². The van der Waals surface area contributed by atoms with Crippen LogP contribution in [0.15, 0.2) is 0 Å². The topological polar surface area (TPSA) is 20.2 Å². The van der Waals surface area contributed by atoms with Crippen molar-refractivity contribution in [3.8, 4) is 0 Å². The van der Waals surface area contributed by atoms with Crippen LogP contribution in [0, 0.1) is 23.2 Å². The van der Waals surface area contributed by atoms with Gasteiger partial charge in [0.2, 0.25) is 0 Å². The lowest BCUT2D eigenvalue weighted by molar-refractivity contribution is -0.0325. The first-order valence-corrected chi connectivity index (χ1v) is 7.29. The van der Waals surface area contributed by atoms with Crippen LogP contribution in [0.25, 0.3) is 0 Å². The molecular weight excluding hydrogens is 196 g/mol. The van der Waals surface area contributed by atoms with E-state index in [2.05, 4.69) is 13.8 Å². The predicted molar refractivity (Wildman–Crippen MR) is 66.1 cm³/mol. The highest BCUT2D eigenvalue weighted by Crippen LogP contribution is 2.67. The molecule has 0 aromatic rings. The van der Waals surface area contributed by atoms with Crippen LogP contribution in [0.3, 0.4) is 0 Å². The fourth-order valence-electron chi connectivity index (χ4n) is 5.01. The Labute approximate surface area is 99.6 Å². The van der Waals surface area contributed by atoms with Crippen molar-refractivity contribution in [2.45, 2.75) is 70.8 Å². The minimum absolute atomic E-state index is 0.250. The molecule has 92 valence electrons. The maximum Gasteiger partial charge on any atom is 0.0744 e. The maximum absolute atomic E-state index is 11.0. The zero-order chi connectivity index (χ0) is 11.4. The summed E-state index contributed by atoms with van der Waals surface area (Å²) in [5.41, 5.74) is 0.130. The highest BCUT2D eigenvalue weighted by atomic mass is 16.3. The predicted octanol–water partition coefficient (Wildman–Crippen LogP) is 3.75. The molecule has 3 fully saturated rings. The highest BCUT2D eigenvalue weighted by Gasteiger charge is 2.69. The number of aliphatic hydroxyl groups is 1. The summed E-state index contributed by atoms with van der Waals surface area (Å²) < 4.78 is 0. The molecule has 0 spiro atoms. The van der Waals surface area contributed by atoms with E-state index in [0.717, 1.165) is 0 Å². The van der Waals surface area contributed by atoms with Crippen molar-refractivity contribution >= 4 is 0 Å². The summed E-state index contributed by atoms with van der Waals surface area (Å²) in [6.07, 6.45) is 10.6. The summed E-state index contributed by atoms with van der Waals surface area (Å²) in [5, 5.41) is 11.0. The molecule has 16 heavy (non-hydrogen) atoms. The first-order chi connectivity index (χ1) is 7.57. The molecule has 0 aromatic heterocycles. The molecule has 0 saturated heterocycles. The Morgan fingerprint density at radius 3 is 2.00 bits per heavy atom. The fraction of sp³-hybridized carbons (Fsp3) is 1.00. The molecule has 0 radical (unpaired) electrons. The number of hydrogen-bond donors (Lipinski definition) is 1. The summed E-state index contributed by atoms with van der Waals surface area (Å²) in [6.45, 7) is 4.78. The van der Waals surface area contributed by atoms with Gasteiger partial charge < -0.3 is 5.11 Å². The van der Waals surface area contributed by atoms with E-state index in [1.165, 1.54) is 51.4 Å². The van der Waals surface area contributed by atoms with Crippen molar-refractivity contribution in [1.82, 2.24) is 0 Å².